The van der Waals surface area contributed by atoms with Gasteiger partial charge in [-0.15, -0.1) is 0 Å². The van der Waals surface area contributed by atoms with Gasteiger partial charge in [0, 0.05) is 49.4 Å². The quantitative estimate of drug-likeness (QED) is 0.107. The molecule has 14 rings (SSSR count). The van der Waals surface area contributed by atoms with Crippen molar-refractivity contribution < 1.29 is 27.4 Å². The zero-order chi connectivity index (χ0) is 63.6. The van der Waals surface area contributed by atoms with Gasteiger partial charge in [0.15, 0.2) is 8.07 Å². The average Bonchev–Trinajstić information content (AvgIpc) is 1.57. The fourth-order valence-electron chi connectivity index (χ4n) is 10.5. The minimum atomic E-state index is -3.14. The maximum absolute atomic E-state index is 10.5. The first kappa shape index (κ1) is 24.9. The Morgan fingerprint density at radius 1 is 0.271 bits per heavy atom. The molecule has 3 aromatic heterocycles. The topological polar surface area (TPSA) is 14.8 Å². The van der Waals surface area contributed by atoms with Crippen LogP contribution in [0.5, 0.6) is 0 Å². The molecule has 0 radical (unpaired) electrons. The summed E-state index contributed by atoms with van der Waals surface area (Å²) in [5, 5.41) is 4.89. The highest BCUT2D eigenvalue weighted by Crippen LogP contribution is 2.40. The van der Waals surface area contributed by atoms with Crippen LogP contribution >= 0.6 is 0 Å². The maximum atomic E-state index is 10.5. The van der Waals surface area contributed by atoms with E-state index in [1.807, 2.05) is 84.9 Å². The predicted molar refractivity (Wildman–Crippen MR) is 299 cm³/mol. The average molecular weight is 928 g/mol. The summed E-state index contributed by atoms with van der Waals surface area (Å²) in [7, 11) is -3.14. The number of para-hydroxylation sites is 4. The van der Waals surface area contributed by atoms with Gasteiger partial charge in [-0.05, 0) is 98.5 Å². The minimum Gasteiger partial charge on any atom is -0.309 e. The van der Waals surface area contributed by atoms with E-state index in [1.54, 1.807) is 4.57 Å². The number of fused-ring (bicyclic) bond motifs is 9. The van der Waals surface area contributed by atoms with Crippen LogP contribution in [0.1, 0.15) is 27.4 Å². The lowest BCUT2D eigenvalue weighted by atomic mass is 10.0. The van der Waals surface area contributed by atoms with Crippen molar-refractivity contribution in [2.24, 2.45) is 0 Å². The molecule has 4 heteroatoms. The van der Waals surface area contributed by atoms with E-state index < -0.39 is 134 Å². The molecule has 3 heterocycles. The maximum Gasteiger partial charge on any atom is 0.179 e. The van der Waals surface area contributed by atoms with E-state index in [9.17, 15) is 12.3 Å². The molecule has 0 unspecified atom stereocenters. The number of benzene rings is 11. The Morgan fingerprint density at radius 2 is 0.729 bits per heavy atom. The standard InChI is InChI=1S/C66H45N3Si/c1-5-21-46(22-6-1)47-41-49(68-61-33-17-13-29-55(61)56-30-14-18-34-62(56)68)43-50(42-47)69-64-36-20-15-31-57(64)59-44-48(37-39-65(59)69)67-63-35-19-16-32-58(63)60-45-54(38-40-66(60)67)70(51-23-7-2-8-24-51,52-25-9-3-10-26-52)53-27-11-4-12-28-53/h1-45H/i1D,5D,6D,13D,14D,15D,17D,18D,20D,21D,22D,29D,30D,31D,33D,34D,36D,37D,39D,44D. The van der Waals surface area contributed by atoms with Gasteiger partial charge in [-0.1, -0.05) is 206 Å². The van der Waals surface area contributed by atoms with Crippen LogP contribution in [0.25, 0.3) is 93.6 Å². The molecule has 14 aromatic rings. The molecule has 0 amide bonds. The third kappa shape index (κ3) is 6.07. The van der Waals surface area contributed by atoms with E-state index in [4.69, 9.17) is 15.1 Å². The van der Waals surface area contributed by atoms with Crippen LogP contribution in [-0.4, -0.2) is 21.8 Å². The minimum absolute atomic E-state index is 0.0993. The molecule has 11 aromatic carbocycles. The highest BCUT2D eigenvalue weighted by atomic mass is 28.3. The smallest absolute Gasteiger partial charge is 0.179 e. The first-order valence-electron chi connectivity index (χ1n) is 32.5. The van der Waals surface area contributed by atoms with Crippen LogP contribution in [0.2, 0.25) is 0 Å². The van der Waals surface area contributed by atoms with Crippen LogP contribution < -0.4 is 20.7 Å². The van der Waals surface area contributed by atoms with Crippen molar-refractivity contribution >= 4 is 94.2 Å². The van der Waals surface area contributed by atoms with Crippen LogP contribution in [0.3, 0.4) is 0 Å². The monoisotopic (exact) mass is 927 g/mol. The van der Waals surface area contributed by atoms with Gasteiger partial charge in [0.25, 0.3) is 0 Å². The number of rotatable bonds is 8. The second kappa shape index (κ2) is 16.1. The molecule has 0 aliphatic heterocycles. The van der Waals surface area contributed by atoms with E-state index in [-0.39, 0.29) is 66.2 Å². The first-order chi connectivity index (χ1) is 43.1. The molecule has 0 saturated carbocycles. The van der Waals surface area contributed by atoms with E-state index in [0.717, 1.165) is 36.1 Å². The predicted octanol–water partition coefficient (Wildman–Crippen LogP) is 14.0. The SMILES string of the molecule is [2H]c1c([2H])c([2H])c(-c2cc(-n3c4c([2H])c([2H])c([2H])c([2H])c4c4c([2H])c([2H])c([2H])c([2H])c43)cc(-n3c4c([2H])c([2H])c([2H])c([2H])c4c4c([2H])c(-n5c6ccccc6c6cc([Si](c7ccccc7)(c7ccccc7)c7ccccc7)ccc65)c([2H])c([2H])c43)c2)c([2H])c1[2H]. The van der Waals surface area contributed by atoms with Gasteiger partial charge in [0.05, 0.1) is 60.5 Å². The van der Waals surface area contributed by atoms with Crippen molar-refractivity contribution in [1.82, 2.24) is 13.7 Å². The molecule has 0 atom stereocenters. The van der Waals surface area contributed by atoms with Gasteiger partial charge in [-0.2, -0.15) is 0 Å². The van der Waals surface area contributed by atoms with Gasteiger partial charge in [-0.25, -0.2) is 0 Å². The summed E-state index contributed by atoms with van der Waals surface area (Å²) in [6.07, 6.45) is 0. The molecule has 0 bridgehead atoms. The van der Waals surface area contributed by atoms with Gasteiger partial charge in [0.2, 0.25) is 0 Å². The van der Waals surface area contributed by atoms with E-state index >= 15 is 0 Å². The summed E-state index contributed by atoms with van der Waals surface area (Å²) < 4.78 is 189. The number of nitrogens with zero attached hydrogens (tertiary/aromatic N) is 3. The summed E-state index contributed by atoms with van der Waals surface area (Å²) >= 11 is 0. The summed E-state index contributed by atoms with van der Waals surface area (Å²) in [6.45, 7) is 0. The Labute approximate surface area is 435 Å². The van der Waals surface area contributed by atoms with Crippen molar-refractivity contribution in [3.8, 4) is 28.2 Å². The summed E-state index contributed by atoms with van der Waals surface area (Å²) in [5.41, 5.74) is -1.20. The lowest BCUT2D eigenvalue weighted by molar-refractivity contribution is 1.13. The van der Waals surface area contributed by atoms with E-state index in [0.29, 0.717) is 11.0 Å². The summed E-state index contributed by atoms with van der Waals surface area (Å²) in [6, 6.07) is 35.4. The molecular formula is C66H45N3Si. The second-order valence-electron chi connectivity index (χ2n) is 17.0. The van der Waals surface area contributed by atoms with E-state index in [2.05, 4.69) is 48.5 Å². The molecule has 0 aliphatic carbocycles. The third-order valence-corrected chi connectivity index (χ3v) is 18.1. The van der Waals surface area contributed by atoms with Crippen LogP contribution in [0, 0.1) is 0 Å². The van der Waals surface area contributed by atoms with Crippen molar-refractivity contribution in [3.63, 3.8) is 0 Å². The lowest BCUT2D eigenvalue weighted by Gasteiger charge is -2.34. The Kier molecular flexibility index (Phi) is 5.72. The largest absolute Gasteiger partial charge is 0.309 e. The molecule has 328 valence electrons. The highest BCUT2D eigenvalue weighted by Gasteiger charge is 2.41. The van der Waals surface area contributed by atoms with Crippen molar-refractivity contribution in [2.45, 2.75) is 0 Å². The number of hydrogen-bond acceptors (Lipinski definition) is 0. The van der Waals surface area contributed by atoms with E-state index in [1.165, 1.54) is 22.8 Å². The zero-order valence-corrected chi connectivity index (χ0v) is 37.8. The van der Waals surface area contributed by atoms with Crippen molar-refractivity contribution in [2.75, 3.05) is 0 Å². The molecule has 0 aliphatic rings. The van der Waals surface area contributed by atoms with Gasteiger partial charge in [0.1, 0.15) is 0 Å². The van der Waals surface area contributed by atoms with Crippen LogP contribution in [0.4, 0.5) is 0 Å². The van der Waals surface area contributed by atoms with Crippen LogP contribution in [-0.2, 0) is 0 Å². The van der Waals surface area contributed by atoms with Gasteiger partial charge < -0.3 is 13.7 Å². The molecular weight excluding hydrogens is 863 g/mol. The first-order valence-corrected chi connectivity index (χ1v) is 24.5. The zero-order valence-electron chi connectivity index (χ0n) is 56.8. The molecule has 0 spiro atoms. The molecule has 3 nitrogen and oxygen atoms in total. The molecule has 0 saturated heterocycles. The number of hydrogen-bond donors (Lipinski definition) is 0. The fourth-order valence-corrected chi connectivity index (χ4v) is 15.2. The Hall–Kier alpha value is -8.96. The summed E-state index contributed by atoms with van der Waals surface area (Å²) in [5.74, 6) is 0. The third-order valence-electron chi connectivity index (χ3n) is 13.3. The molecule has 0 fully saturated rings. The van der Waals surface area contributed by atoms with Crippen molar-refractivity contribution in [1.29, 1.82) is 0 Å². The van der Waals surface area contributed by atoms with Crippen molar-refractivity contribution in [3.05, 3.63) is 273 Å². The second-order valence-corrected chi connectivity index (χ2v) is 20.8. The highest BCUT2D eigenvalue weighted by molar-refractivity contribution is 7.20. The Bertz CT molecular complexity index is 5290. The Balaban J connectivity index is 1.12. The van der Waals surface area contributed by atoms with Crippen LogP contribution in [0.15, 0.2) is 273 Å². The Morgan fingerprint density at radius 3 is 1.30 bits per heavy atom. The fraction of sp³-hybridized carbons (Fsp3) is 0. The van der Waals surface area contributed by atoms with Gasteiger partial charge in [-0.3, -0.25) is 0 Å². The molecule has 70 heavy (non-hydrogen) atoms. The normalized spacial score (nSPS) is 16.0. The lowest BCUT2D eigenvalue weighted by Crippen LogP contribution is -2.74. The number of aromatic nitrogens is 3. The molecule has 0 N–H and O–H groups in total. The van der Waals surface area contributed by atoms with Gasteiger partial charge >= 0.3 is 0 Å². The summed E-state index contributed by atoms with van der Waals surface area (Å²) in [4.78, 5) is 0.